The van der Waals surface area contributed by atoms with Crippen molar-refractivity contribution in [3.8, 4) is 11.4 Å². The number of nitrogens with zero attached hydrogens (tertiary/aromatic N) is 4. The second-order valence-corrected chi connectivity index (χ2v) is 8.17. The summed E-state index contributed by atoms with van der Waals surface area (Å²) in [5.41, 5.74) is 4.51. The normalized spacial score (nSPS) is 13.5. The summed E-state index contributed by atoms with van der Waals surface area (Å²) < 4.78 is 17.7. The van der Waals surface area contributed by atoms with Gasteiger partial charge in [0.1, 0.15) is 11.3 Å². The zero-order valence-electron chi connectivity index (χ0n) is 18.6. The Morgan fingerprint density at radius 2 is 2.12 bits per heavy atom. The van der Waals surface area contributed by atoms with E-state index in [-0.39, 0.29) is 5.91 Å². The molecule has 0 spiro atoms. The molecule has 1 aromatic carbocycles. The van der Waals surface area contributed by atoms with Crippen molar-refractivity contribution in [1.29, 1.82) is 0 Å². The van der Waals surface area contributed by atoms with Gasteiger partial charge in [-0.3, -0.25) is 9.20 Å². The van der Waals surface area contributed by atoms with Crippen LogP contribution in [0.1, 0.15) is 46.3 Å². The van der Waals surface area contributed by atoms with Crippen LogP contribution in [0, 0.1) is 6.92 Å². The fourth-order valence-corrected chi connectivity index (χ4v) is 3.54. The third-order valence-electron chi connectivity index (χ3n) is 5.62. The van der Waals surface area contributed by atoms with Crippen molar-refractivity contribution in [3.05, 3.63) is 65.4 Å². The Morgan fingerprint density at radius 1 is 1.24 bits per heavy atom. The Hall–Kier alpha value is -3.56. The Bertz CT molecular complexity index is 1290. The number of rotatable bonds is 9. The SMILES string of the molecule is COCCOCc1ccn2c(C(=O)Nc3cc(-c4noc(C5CC5)n4)ccc3C)cnc2c1. The lowest BCUT2D eigenvalue weighted by atomic mass is 10.1. The lowest BCUT2D eigenvalue weighted by Gasteiger charge is -2.10. The number of nitrogens with one attached hydrogen (secondary N) is 1. The van der Waals surface area contributed by atoms with E-state index < -0.39 is 0 Å². The van der Waals surface area contributed by atoms with Crippen molar-refractivity contribution < 1.29 is 18.8 Å². The number of carbonyl (C=O) groups is 1. The molecular formula is C24H25N5O4. The number of amides is 1. The number of carbonyl (C=O) groups excluding carboxylic acids is 1. The molecule has 4 aromatic rings. The monoisotopic (exact) mass is 447 g/mol. The van der Waals surface area contributed by atoms with Crippen molar-refractivity contribution in [1.82, 2.24) is 19.5 Å². The number of methoxy groups -OCH3 is 1. The molecule has 0 saturated heterocycles. The van der Waals surface area contributed by atoms with Gasteiger partial charge < -0.3 is 19.3 Å². The molecule has 5 rings (SSSR count). The van der Waals surface area contributed by atoms with Gasteiger partial charge in [0.2, 0.25) is 11.7 Å². The first-order valence-electron chi connectivity index (χ1n) is 10.9. The molecule has 0 radical (unpaired) electrons. The first-order valence-corrected chi connectivity index (χ1v) is 10.9. The molecule has 3 heterocycles. The standard InChI is InChI=1S/C24H25N5O4/c1-15-3-4-18(22-27-24(33-28-22)17-5-6-17)12-19(15)26-23(30)20-13-25-21-11-16(7-8-29(20)21)14-32-10-9-31-2/h3-4,7-8,11-13,17H,5-6,9-10,14H2,1-2H3,(H,26,30). The maximum atomic E-state index is 13.1. The van der Waals surface area contributed by atoms with E-state index in [1.165, 1.54) is 0 Å². The van der Waals surface area contributed by atoms with Gasteiger partial charge in [-0.1, -0.05) is 17.3 Å². The van der Waals surface area contributed by atoms with Crippen LogP contribution in [0.5, 0.6) is 0 Å². The molecule has 9 nitrogen and oxygen atoms in total. The molecule has 1 amide bonds. The van der Waals surface area contributed by atoms with Crippen LogP contribution in [0.15, 0.2) is 47.2 Å². The molecule has 9 heteroatoms. The van der Waals surface area contributed by atoms with E-state index >= 15 is 0 Å². The minimum atomic E-state index is -0.251. The van der Waals surface area contributed by atoms with Crippen molar-refractivity contribution in [3.63, 3.8) is 0 Å². The molecular weight excluding hydrogens is 422 g/mol. The van der Waals surface area contributed by atoms with Gasteiger partial charge >= 0.3 is 0 Å². The number of imidazole rings is 1. The predicted molar refractivity (Wildman–Crippen MR) is 121 cm³/mol. The minimum absolute atomic E-state index is 0.251. The van der Waals surface area contributed by atoms with E-state index in [2.05, 4.69) is 20.4 Å². The molecule has 170 valence electrons. The van der Waals surface area contributed by atoms with Gasteiger partial charge in [0, 0.05) is 30.5 Å². The van der Waals surface area contributed by atoms with Crippen molar-refractivity contribution in [2.24, 2.45) is 0 Å². The Morgan fingerprint density at radius 3 is 2.94 bits per heavy atom. The highest BCUT2D eigenvalue weighted by molar-refractivity contribution is 6.04. The number of aryl methyl sites for hydroxylation is 1. The van der Waals surface area contributed by atoms with Gasteiger partial charge in [0.15, 0.2) is 0 Å². The Balaban J connectivity index is 1.32. The van der Waals surface area contributed by atoms with Gasteiger partial charge in [-0.05, 0) is 49.1 Å². The lowest BCUT2D eigenvalue weighted by molar-refractivity contribution is 0.0617. The summed E-state index contributed by atoms with van der Waals surface area (Å²) in [5.74, 6) is 1.36. The van der Waals surface area contributed by atoms with E-state index in [4.69, 9.17) is 14.0 Å². The number of hydrogen-bond acceptors (Lipinski definition) is 7. The number of ether oxygens (including phenoxy) is 2. The highest BCUT2D eigenvalue weighted by Crippen LogP contribution is 2.39. The number of benzene rings is 1. The van der Waals surface area contributed by atoms with Crippen molar-refractivity contribution in [2.45, 2.75) is 32.3 Å². The number of pyridine rings is 1. The van der Waals surface area contributed by atoms with Crippen LogP contribution in [0.25, 0.3) is 17.0 Å². The van der Waals surface area contributed by atoms with Gasteiger partial charge in [-0.25, -0.2) is 4.98 Å². The van der Waals surface area contributed by atoms with Crippen LogP contribution in [-0.2, 0) is 16.1 Å². The van der Waals surface area contributed by atoms with Crippen molar-refractivity contribution in [2.75, 3.05) is 25.6 Å². The van der Waals surface area contributed by atoms with Gasteiger partial charge in [0.25, 0.3) is 5.91 Å². The maximum absolute atomic E-state index is 13.1. The van der Waals surface area contributed by atoms with Gasteiger partial charge in [-0.15, -0.1) is 0 Å². The number of anilines is 1. The Labute approximate surface area is 190 Å². The molecule has 0 atom stereocenters. The summed E-state index contributed by atoms with van der Waals surface area (Å²) in [4.78, 5) is 21.9. The number of aromatic nitrogens is 4. The lowest BCUT2D eigenvalue weighted by Crippen LogP contribution is -2.15. The van der Waals surface area contributed by atoms with Crippen LogP contribution in [0.2, 0.25) is 0 Å². The summed E-state index contributed by atoms with van der Waals surface area (Å²) in [6.07, 6.45) is 5.59. The quantitative estimate of drug-likeness (QED) is 0.387. The topological polar surface area (TPSA) is 104 Å². The molecule has 33 heavy (non-hydrogen) atoms. The fourth-order valence-electron chi connectivity index (χ4n) is 3.54. The van der Waals surface area contributed by atoms with E-state index in [1.807, 2.05) is 43.5 Å². The molecule has 0 aliphatic heterocycles. The van der Waals surface area contributed by atoms with E-state index in [9.17, 15) is 4.79 Å². The van der Waals surface area contributed by atoms with E-state index in [0.29, 0.717) is 54.5 Å². The Kier molecular flexibility index (Phi) is 5.89. The summed E-state index contributed by atoms with van der Waals surface area (Å²) in [6.45, 7) is 3.47. The second kappa shape index (κ2) is 9.13. The predicted octanol–water partition coefficient (Wildman–Crippen LogP) is 3.99. The first-order chi connectivity index (χ1) is 16.1. The third-order valence-corrected chi connectivity index (χ3v) is 5.62. The van der Waals surface area contributed by atoms with Crippen LogP contribution in [-0.4, -0.2) is 45.8 Å². The van der Waals surface area contributed by atoms with E-state index in [1.54, 1.807) is 17.7 Å². The number of hydrogen-bond donors (Lipinski definition) is 1. The largest absolute Gasteiger partial charge is 0.382 e. The first kappa shape index (κ1) is 21.3. The molecule has 3 aromatic heterocycles. The fraction of sp³-hybridized carbons (Fsp3) is 0.333. The molecule has 0 bridgehead atoms. The second-order valence-electron chi connectivity index (χ2n) is 8.17. The summed E-state index contributed by atoms with van der Waals surface area (Å²) >= 11 is 0. The summed E-state index contributed by atoms with van der Waals surface area (Å²) in [5, 5.41) is 7.09. The maximum Gasteiger partial charge on any atom is 0.274 e. The smallest absolute Gasteiger partial charge is 0.274 e. The molecule has 1 aliphatic rings. The van der Waals surface area contributed by atoms with Gasteiger partial charge in [0.05, 0.1) is 26.0 Å². The number of fused-ring (bicyclic) bond motifs is 1. The average Bonchev–Trinajstić information content (AvgIpc) is 3.39. The molecule has 1 aliphatic carbocycles. The van der Waals surface area contributed by atoms with Crippen LogP contribution >= 0.6 is 0 Å². The van der Waals surface area contributed by atoms with Crippen LogP contribution in [0.4, 0.5) is 5.69 Å². The van der Waals surface area contributed by atoms with Crippen molar-refractivity contribution >= 4 is 17.2 Å². The molecule has 1 N–H and O–H groups in total. The third kappa shape index (κ3) is 4.64. The van der Waals surface area contributed by atoms with E-state index in [0.717, 1.165) is 29.5 Å². The van der Waals surface area contributed by atoms with Crippen LogP contribution < -0.4 is 5.32 Å². The summed E-state index contributed by atoms with van der Waals surface area (Å²) in [7, 11) is 1.64. The minimum Gasteiger partial charge on any atom is -0.382 e. The highest BCUT2D eigenvalue weighted by Gasteiger charge is 2.29. The molecule has 1 saturated carbocycles. The highest BCUT2D eigenvalue weighted by atomic mass is 16.5. The zero-order chi connectivity index (χ0) is 22.8. The molecule has 1 fully saturated rings. The zero-order valence-corrected chi connectivity index (χ0v) is 18.6. The van der Waals surface area contributed by atoms with Gasteiger partial charge in [-0.2, -0.15) is 4.98 Å². The van der Waals surface area contributed by atoms with Crippen LogP contribution in [0.3, 0.4) is 0 Å². The average molecular weight is 447 g/mol. The summed E-state index contributed by atoms with van der Waals surface area (Å²) in [6, 6.07) is 9.55. The molecule has 0 unspecified atom stereocenters.